The first-order valence-corrected chi connectivity index (χ1v) is 7.65. The van der Waals surface area contributed by atoms with Crippen molar-refractivity contribution in [3.8, 4) is 0 Å². The predicted octanol–water partition coefficient (Wildman–Crippen LogP) is 6.29. The largest absolute Gasteiger partial charge is 0.263 e. The first kappa shape index (κ1) is 19.2. The number of benzene rings is 1. The minimum atomic E-state index is 0. The minimum Gasteiger partial charge on any atom is -0.263 e. The summed E-state index contributed by atoms with van der Waals surface area (Å²) in [5.74, 6) is 0. The van der Waals surface area contributed by atoms with Crippen LogP contribution in [0.4, 0.5) is 0 Å². The molecule has 0 N–H and O–H groups in total. The number of hydrogen-bond acceptors (Lipinski definition) is 0. The van der Waals surface area contributed by atoms with E-state index < -0.39 is 0 Å². The Balaban J connectivity index is 0.000000212. The van der Waals surface area contributed by atoms with Crippen LogP contribution in [0.15, 0.2) is 47.1 Å². The van der Waals surface area contributed by atoms with Crippen LogP contribution in [-0.4, -0.2) is 0 Å². The van der Waals surface area contributed by atoms with Crippen LogP contribution in [0.25, 0.3) is 10.8 Å². The van der Waals surface area contributed by atoms with Gasteiger partial charge in [-0.05, 0) is 0 Å². The maximum absolute atomic E-state index is 3.44. The summed E-state index contributed by atoms with van der Waals surface area (Å²) >= 11 is 0. The molecule has 0 amide bonds. The fourth-order valence-corrected chi connectivity index (χ4v) is 3.06. The normalized spacial score (nSPS) is 16.0. The molecular weight excluding hydrogens is 431 g/mol. The van der Waals surface area contributed by atoms with Crippen LogP contribution in [-0.2, 0) is 25.8 Å². The topological polar surface area (TPSA) is 0 Å². The van der Waals surface area contributed by atoms with E-state index in [2.05, 4.69) is 84.9 Å². The Labute approximate surface area is 154 Å². The fraction of sp³-hybridized carbons (Fsp3) is 0.381. The molecule has 22 heavy (non-hydrogen) atoms. The number of fused-ring (bicyclic) bond motifs is 1. The molecule has 2 aromatic rings. The van der Waals surface area contributed by atoms with Gasteiger partial charge >= 0.3 is 0 Å². The van der Waals surface area contributed by atoms with Crippen molar-refractivity contribution in [1.82, 2.24) is 0 Å². The monoisotopic (exact) mass is 458 g/mol. The van der Waals surface area contributed by atoms with Crippen molar-refractivity contribution in [3.63, 3.8) is 0 Å². The molecule has 0 unspecified atom stereocenters. The van der Waals surface area contributed by atoms with Gasteiger partial charge in [0.15, 0.2) is 0 Å². The zero-order valence-corrected chi connectivity index (χ0v) is 18.5. The fourth-order valence-electron chi connectivity index (χ4n) is 3.06. The zero-order chi connectivity index (χ0) is 15.8. The van der Waals surface area contributed by atoms with E-state index in [1.54, 1.807) is 0 Å². The Bertz CT molecular complexity index is 687. The molecule has 0 heterocycles. The van der Waals surface area contributed by atoms with Gasteiger partial charge in [0.05, 0.1) is 0 Å². The molecule has 0 atom stereocenters. The summed E-state index contributed by atoms with van der Waals surface area (Å²) in [4.78, 5) is 0. The smallest absolute Gasteiger partial charge is 0 e. The van der Waals surface area contributed by atoms with Gasteiger partial charge in [-0.1, -0.05) is 53.0 Å². The van der Waals surface area contributed by atoms with Crippen LogP contribution >= 0.6 is 0 Å². The minimum absolute atomic E-state index is 0. The van der Waals surface area contributed by atoms with Crippen LogP contribution in [0.1, 0.15) is 45.7 Å². The average molecular weight is 457 g/mol. The summed E-state index contributed by atoms with van der Waals surface area (Å²) in [5, 5.41) is 2.79. The Morgan fingerprint density at radius 3 is 2.00 bits per heavy atom. The van der Waals surface area contributed by atoms with Crippen molar-refractivity contribution >= 4 is 10.8 Å². The summed E-state index contributed by atoms with van der Waals surface area (Å²) in [6, 6.07) is 10.8. The molecule has 2 aromatic carbocycles. The summed E-state index contributed by atoms with van der Waals surface area (Å²) in [6.45, 7) is 15.2. The maximum Gasteiger partial charge on any atom is 0 e. The molecule has 0 saturated heterocycles. The molecule has 0 bridgehead atoms. The van der Waals surface area contributed by atoms with E-state index in [-0.39, 0.29) is 31.3 Å². The third-order valence-electron chi connectivity index (χ3n) is 4.77. The van der Waals surface area contributed by atoms with Crippen molar-refractivity contribution < 1.29 is 25.8 Å². The first-order valence-electron chi connectivity index (χ1n) is 7.65. The summed E-state index contributed by atoms with van der Waals surface area (Å²) in [5.41, 5.74) is 7.17. The summed E-state index contributed by atoms with van der Waals surface area (Å²) in [6.07, 6.45) is 3.44. The van der Waals surface area contributed by atoms with Gasteiger partial charge in [-0.3, -0.25) is 6.08 Å². The van der Waals surface area contributed by atoms with Crippen molar-refractivity contribution in [2.75, 3.05) is 0 Å². The second-order valence-corrected chi connectivity index (χ2v) is 6.68. The van der Waals surface area contributed by atoms with Gasteiger partial charge in [0.25, 0.3) is 0 Å². The molecule has 0 radical (unpaired) electrons. The molecule has 0 aromatic heterocycles. The predicted molar refractivity (Wildman–Crippen MR) is 93.6 cm³/mol. The number of allylic oxidation sites excluding steroid dienone is 4. The molecule has 0 fully saturated rings. The number of aryl methyl sites for hydroxylation is 2. The van der Waals surface area contributed by atoms with E-state index in [4.69, 9.17) is 0 Å². The second kappa shape index (κ2) is 7.17. The maximum atomic E-state index is 3.44. The molecule has 1 aliphatic rings. The molecular formula is C21H26Hf-2. The molecule has 0 aliphatic heterocycles. The molecule has 0 spiro atoms. The quantitative estimate of drug-likeness (QED) is 0.323. The van der Waals surface area contributed by atoms with E-state index >= 15 is 0 Å². The third kappa shape index (κ3) is 3.74. The Morgan fingerprint density at radius 1 is 1.00 bits per heavy atom. The molecule has 0 nitrogen and oxygen atoms in total. The molecule has 116 valence electrons. The van der Waals surface area contributed by atoms with Crippen molar-refractivity contribution in [3.05, 3.63) is 64.3 Å². The zero-order valence-electron chi connectivity index (χ0n) is 14.9. The average Bonchev–Trinajstić information content (AvgIpc) is 2.81. The second-order valence-electron chi connectivity index (χ2n) is 6.68. The molecule has 1 aliphatic carbocycles. The number of rotatable bonds is 0. The van der Waals surface area contributed by atoms with Crippen LogP contribution in [0.2, 0.25) is 0 Å². The molecule has 3 rings (SSSR count). The standard InChI is InChI=1S/C11H11.C10H15.Hf/c1-8-7-9(2)11-6-4-3-5-10(8)11;1-7-6-10(4,5)9(3)8(7)2;/h3-7H,1-2H3;1-5H3;/q2*-1;. The molecule has 0 saturated carbocycles. The van der Waals surface area contributed by atoms with Gasteiger partial charge in [0.1, 0.15) is 0 Å². The van der Waals surface area contributed by atoms with Crippen LogP contribution in [0, 0.1) is 25.3 Å². The van der Waals surface area contributed by atoms with Crippen molar-refractivity contribution in [1.29, 1.82) is 0 Å². The van der Waals surface area contributed by atoms with Gasteiger partial charge in [-0.2, -0.15) is 16.7 Å². The summed E-state index contributed by atoms with van der Waals surface area (Å²) in [7, 11) is 0. The van der Waals surface area contributed by atoms with Gasteiger partial charge in [-0.25, -0.2) is 5.57 Å². The Hall–Kier alpha value is -0.820. The Kier molecular flexibility index (Phi) is 6.27. The van der Waals surface area contributed by atoms with Crippen LogP contribution in [0.5, 0.6) is 0 Å². The first-order chi connectivity index (χ1) is 9.74. The molecule has 1 heteroatoms. The number of hydrogen-bond donors (Lipinski definition) is 0. The van der Waals surface area contributed by atoms with Gasteiger partial charge in [0, 0.05) is 25.8 Å². The van der Waals surface area contributed by atoms with Gasteiger partial charge in [-0.15, -0.1) is 47.5 Å². The van der Waals surface area contributed by atoms with Crippen LogP contribution in [0.3, 0.4) is 0 Å². The van der Waals surface area contributed by atoms with E-state index in [0.717, 1.165) is 0 Å². The van der Waals surface area contributed by atoms with E-state index in [1.807, 2.05) is 0 Å². The van der Waals surface area contributed by atoms with E-state index in [9.17, 15) is 0 Å². The van der Waals surface area contributed by atoms with Crippen molar-refractivity contribution in [2.24, 2.45) is 5.41 Å². The van der Waals surface area contributed by atoms with Gasteiger partial charge < -0.3 is 0 Å². The van der Waals surface area contributed by atoms with E-state index in [1.165, 1.54) is 38.6 Å². The van der Waals surface area contributed by atoms with Crippen LogP contribution < -0.4 is 0 Å². The Morgan fingerprint density at radius 2 is 1.59 bits per heavy atom. The van der Waals surface area contributed by atoms with Crippen molar-refractivity contribution in [2.45, 2.75) is 48.5 Å². The van der Waals surface area contributed by atoms with E-state index in [0.29, 0.717) is 0 Å². The summed E-state index contributed by atoms with van der Waals surface area (Å²) < 4.78 is 0. The van der Waals surface area contributed by atoms with Gasteiger partial charge in [0.2, 0.25) is 0 Å². The SMILES string of the molecule is CC1=[C-]C(C)(C)C(C)=C1C.Cc1c[c-](C)c2ccccc12.[Hf]. The third-order valence-corrected chi connectivity index (χ3v) is 4.77.